The summed E-state index contributed by atoms with van der Waals surface area (Å²) in [4.78, 5) is 14.4. The van der Waals surface area contributed by atoms with Crippen LogP contribution in [0.1, 0.15) is 27.2 Å². The Kier molecular flexibility index (Phi) is 6.60. The van der Waals surface area contributed by atoms with Gasteiger partial charge in [-0.05, 0) is 33.7 Å². The first-order valence-corrected chi connectivity index (χ1v) is 6.86. The fraction of sp³-hybridized carbons (Fsp3) is 0.923. The summed E-state index contributed by atoms with van der Waals surface area (Å²) in [5, 5.41) is 3.34. The molecule has 0 spiro atoms. The zero-order valence-corrected chi connectivity index (χ0v) is 11.8. The molecule has 0 aromatic carbocycles. The van der Waals surface area contributed by atoms with Crippen molar-refractivity contribution in [3.05, 3.63) is 0 Å². The van der Waals surface area contributed by atoms with Gasteiger partial charge in [0.05, 0.1) is 13.2 Å². The minimum absolute atomic E-state index is 0.180. The van der Waals surface area contributed by atoms with Gasteiger partial charge in [0.25, 0.3) is 0 Å². The summed E-state index contributed by atoms with van der Waals surface area (Å²) in [6.45, 7) is 10.8. The highest BCUT2D eigenvalue weighted by molar-refractivity contribution is 5.80. The second-order valence-corrected chi connectivity index (χ2v) is 4.72. The molecule has 0 radical (unpaired) electrons. The van der Waals surface area contributed by atoms with Crippen molar-refractivity contribution in [2.45, 2.75) is 32.7 Å². The van der Waals surface area contributed by atoms with Crippen LogP contribution in [0, 0.1) is 0 Å². The van der Waals surface area contributed by atoms with Crippen molar-refractivity contribution in [3.8, 4) is 0 Å². The lowest BCUT2D eigenvalue weighted by Gasteiger charge is -2.38. The van der Waals surface area contributed by atoms with Gasteiger partial charge in [0.1, 0.15) is 5.54 Å². The maximum atomic E-state index is 12.2. The molecule has 1 fully saturated rings. The van der Waals surface area contributed by atoms with Gasteiger partial charge < -0.3 is 14.8 Å². The average Bonchev–Trinajstić information content (AvgIpc) is 2.65. The number of nitrogens with zero attached hydrogens (tertiary/aromatic N) is 1. The molecule has 1 saturated heterocycles. The third-order valence-corrected chi connectivity index (χ3v) is 3.34. The Morgan fingerprint density at radius 2 is 2.06 bits per heavy atom. The fourth-order valence-corrected chi connectivity index (χ4v) is 2.21. The van der Waals surface area contributed by atoms with E-state index in [1.165, 1.54) is 0 Å². The van der Waals surface area contributed by atoms with E-state index in [4.69, 9.17) is 9.47 Å². The Labute approximate surface area is 110 Å². The maximum Gasteiger partial charge on any atom is 0.328 e. The lowest BCUT2D eigenvalue weighted by Crippen LogP contribution is -2.57. The standard InChI is InChI=1S/C13H26N2O3/c1-4-17-11-13(3,12(16)18-5-2)15-9-6-7-14-8-10-15/h14H,4-11H2,1-3H3. The van der Waals surface area contributed by atoms with Crippen LogP contribution in [0.15, 0.2) is 0 Å². The molecule has 1 aliphatic heterocycles. The van der Waals surface area contributed by atoms with E-state index < -0.39 is 5.54 Å². The third kappa shape index (κ3) is 3.93. The van der Waals surface area contributed by atoms with Crippen molar-refractivity contribution in [3.63, 3.8) is 0 Å². The van der Waals surface area contributed by atoms with E-state index in [0.717, 1.165) is 32.6 Å². The molecule has 1 unspecified atom stereocenters. The minimum atomic E-state index is -0.669. The van der Waals surface area contributed by atoms with Crippen molar-refractivity contribution in [1.29, 1.82) is 0 Å². The third-order valence-electron chi connectivity index (χ3n) is 3.34. The summed E-state index contributed by atoms with van der Waals surface area (Å²) in [5.74, 6) is -0.180. The highest BCUT2D eigenvalue weighted by Gasteiger charge is 2.41. The Bertz CT molecular complexity index is 253. The zero-order valence-electron chi connectivity index (χ0n) is 11.8. The molecule has 1 aliphatic rings. The Balaban J connectivity index is 2.76. The van der Waals surface area contributed by atoms with Gasteiger partial charge in [0.15, 0.2) is 0 Å². The van der Waals surface area contributed by atoms with Crippen LogP contribution in [-0.4, -0.2) is 62.4 Å². The molecular weight excluding hydrogens is 232 g/mol. The molecule has 5 heteroatoms. The van der Waals surface area contributed by atoms with E-state index in [9.17, 15) is 4.79 Å². The van der Waals surface area contributed by atoms with E-state index in [0.29, 0.717) is 19.8 Å². The topological polar surface area (TPSA) is 50.8 Å². The second-order valence-electron chi connectivity index (χ2n) is 4.72. The van der Waals surface area contributed by atoms with Gasteiger partial charge in [-0.1, -0.05) is 0 Å². The van der Waals surface area contributed by atoms with Crippen LogP contribution in [0.25, 0.3) is 0 Å². The molecule has 0 aliphatic carbocycles. The van der Waals surface area contributed by atoms with Crippen LogP contribution < -0.4 is 5.32 Å². The highest BCUT2D eigenvalue weighted by Crippen LogP contribution is 2.19. The smallest absolute Gasteiger partial charge is 0.328 e. The molecule has 1 heterocycles. The molecule has 18 heavy (non-hydrogen) atoms. The highest BCUT2D eigenvalue weighted by atomic mass is 16.5. The molecule has 0 aromatic heterocycles. The number of rotatable bonds is 6. The normalized spacial score (nSPS) is 21.1. The number of carbonyl (C=O) groups is 1. The number of ether oxygens (including phenoxy) is 2. The van der Waals surface area contributed by atoms with Crippen LogP contribution in [0.5, 0.6) is 0 Å². The van der Waals surface area contributed by atoms with Crippen LogP contribution in [0.4, 0.5) is 0 Å². The van der Waals surface area contributed by atoms with Gasteiger partial charge in [-0.3, -0.25) is 4.90 Å². The molecular formula is C13H26N2O3. The summed E-state index contributed by atoms with van der Waals surface area (Å²) >= 11 is 0. The quantitative estimate of drug-likeness (QED) is 0.709. The van der Waals surface area contributed by atoms with Crippen molar-refractivity contribution >= 4 is 5.97 Å². The van der Waals surface area contributed by atoms with Gasteiger partial charge in [-0.15, -0.1) is 0 Å². The molecule has 1 atom stereocenters. The maximum absolute atomic E-state index is 12.2. The van der Waals surface area contributed by atoms with Crippen LogP contribution in [-0.2, 0) is 14.3 Å². The first-order chi connectivity index (χ1) is 8.65. The Hall–Kier alpha value is -0.650. The molecule has 0 bridgehead atoms. The first-order valence-electron chi connectivity index (χ1n) is 6.86. The van der Waals surface area contributed by atoms with Gasteiger partial charge >= 0.3 is 5.97 Å². The van der Waals surface area contributed by atoms with E-state index in [1.807, 2.05) is 20.8 Å². The van der Waals surface area contributed by atoms with Crippen molar-refractivity contribution < 1.29 is 14.3 Å². The molecule has 0 aromatic rings. The van der Waals surface area contributed by atoms with Crippen molar-refractivity contribution in [2.75, 3.05) is 46.0 Å². The van der Waals surface area contributed by atoms with Crippen LogP contribution >= 0.6 is 0 Å². The monoisotopic (exact) mass is 258 g/mol. The summed E-state index contributed by atoms with van der Waals surface area (Å²) < 4.78 is 10.7. The van der Waals surface area contributed by atoms with E-state index in [1.54, 1.807) is 0 Å². The molecule has 5 nitrogen and oxygen atoms in total. The predicted octanol–water partition coefficient (Wildman–Crippen LogP) is 0.640. The van der Waals surface area contributed by atoms with Crippen molar-refractivity contribution in [2.24, 2.45) is 0 Å². The van der Waals surface area contributed by atoms with Crippen LogP contribution in [0.3, 0.4) is 0 Å². The number of hydrogen-bond donors (Lipinski definition) is 1. The lowest BCUT2D eigenvalue weighted by molar-refractivity contribution is -0.161. The zero-order chi connectivity index (χ0) is 13.4. The summed E-state index contributed by atoms with van der Waals surface area (Å²) in [6, 6.07) is 0. The van der Waals surface area contributed by atoms with Gasteiger partial charge in [0.2, 0.25) is 0 Å². The van der Waals surface area contributed by atoms with E-state index in [2.05, 4.69) is 10.2 Å². The second kappa shape index (κ2) is 7.71. The lowest BCUT2D eigenvalue weighted by atomic mass is 10.0. The van der Waals surface area contributed by atoms with E-state index in [-0.39, 0.29) is 5.97 Å². The summed E-state index contributed by atoms with van der Waals surface area (Å²) in [6.07, 6.45) is 1.04. The van der Waals surface area contributed by atoms with Crippen LogP contribution in [0.2, 0.25) is 0 Å². The van der Waals surface area contributed by atoms with Gasteiger partial charge in [-0.25, -0.2) is 4.79 Å². The summed E-state index contributed by atoms with van der Waals surface area (Å²) in [5.41, 5.74) is -0.669. The van der Waals surface area contributed by atoms with Crippen molar-refractivity contribution in [1.82, 2.24) is 10.2 Å². The SMILES string of the molecule is CCOCC(C)(C(=O)OCC)N1CCCNCC1. The predicted molar refractivity (Wildman–Crippen MR) is 70.6 cm³/mol. The largest absolute Gasteiger partial charge is 0.465 e. The molecule has 1 N–H and O–H groups in total. The molecule has 106 valence electrons. The Morgan fingerprint density at radius 3 is 2.72 bits per heavy atom. The van der Waals surface area contributed by atoms with Gasteiger partial charge in [-0.2, -0.15) is 0 Å². The average molecular weight is 258 g/mol. The molecule has 1 rings (SSSR count). The van der Waals surface area contributed by atoms with Gasteiger partial charge in [0, 0.05) is 26.2 Å². The molecule has 0 saturated carbocycles. The number of esters is 1. The first kappa shape index (κ1) is 15.4. The summed E-state index contributed by atoms with van der Waals surface area (Å²) in [7, 11) is 0. The number of carbonyl (C=O) groups excluding carboxylic acids is 1. The van der Waals surface area contributed by atoms with E-state index >= 15 is 0 Å². The fourth-order valence-electron chi connectivity index (χ4n) is 2.21. The minimum Gasteiger partial charge on any atom is -0.465 e. The molecule has 0 amide bonds. The Morgan fingerprint density at radius 1 is 1.28 bits per heavy atom. The number of nitrogens with one attached hydrogen (secondary N) is 1. The number of hydrogen-bond acceptors (Lipinski definition) is 5.